The number of aromatic nitrogens is 3. The van der Waals surface area contributed by atoms with Gasteiger partial charge in [0.1, 0.15) is 0 Å². The number of pyridine rings is 1. The highest BCUT2D eigenvalue weighted by Crippen LogP contribution is 2.18. The third-order valence-corrected chi connectivity index (χ3v) is 5.67. The highest BCUT2D eigenvalue weighted by molar-refractivity contribution is 7.89. The van der Waals surface area contributed by atoms with Gasteiger partial charge in [-0.3, -0.25) is 5.10 Å². The first-order valence-electron chi connectivity index (χ1n) is 9.01. The molecule has 4 rings (SSSR count). The summed E-state index contributed by atoms with van der Waals surface area (Å²) >= 11 is 0. The Morgan fingerprint density at radius 2 is 1.66 bits per heavy atom. The summed E-state index contributed by atoms with van der Waals surface area (Å²) in [7, 11) is -2.14. The number of aliphatic hydroxyl groups is 1. The number of benzene rings is 2. The van der Waals surface area contributed by atoms with Crippen LogP contribution in [0, 0.1) is 0 Å². The Kier molecular flexibility index (Phi) is 6.71. The number of nitrogens with one attached hydrogen (secondary N) is 2. The van der Waals surface area contributed by atoms with Gasteiger partial charge < -0.3 is 5.11 Å². The lowest BCUT2D eigenvalue weighted by Crippen LogP contribution is -2.19. The molecule has 3 N–H and O–H groups in total. The number of hydrogen-bond acceptors (Lipinski definition) is 5. The van der Waals surface area contributed by atoms with Gasteiger partial charge in [-0.05, 0) is 30.3 Å². The van der Waals surface area contributed by atoms with Gasteiger partial charge in [-0.1, -0.05) is 60.7 Å². The third-order valence-electron chi connectivity index (χ3n) is 4.29. The lowest BCUT2D eigenvalue weighted by Gasteiger charge is -2.10. The molecule has 2 heterocycles. The van der Waals surface area contributed by atoms with Crippen molar-refractivity contribution in [3.05, 3.63) is 90.1 Å². The monoisotopic (exact) mass is 410 g/mol. The van der Waals surface area contributed by atoms with Gasteiger partial charge in [0.15, 0.2) is 10.7 Å². The van der Waals surface area contributed by atoms with Crippen molar-refractivity contribution in [1.82, 2.24) is 19.9 Å². The summed E-state index contributed by atoms with van der Waals surface area (Å²) in [5.74, 6) is 0. The first kappa shape index (κ1) is 20.7. The van der Waals surface area contributed by atoms with Crippen LogP contribution >= 0.6 is 0 Å². The molecule has 8 heteroatoms. The third kappa shape index (κ3) is 5.26. The van der Waals surface area contributed by atoms with Gasteiger partial charge in [0, 0.05) is 12.6 Å². The molecule has 0 saturated heterocycles. The van der Waals surface area contributed by atoms with Gasteiger partial charge in [-0.25, -0.2) is 18.1 Å². The van der Waals surface area contributed by atoms with Crippen LogP contribution in [0.3, 0.4) is 0 Å². The Morgan fingerprint density at radius 1 is 1.00 bits per heavy atom. The number of rotatable bonds is 5. The largest absolute Gasteiger partial charge is 0.388 e. The molecule has 0 amide bonds. The van der Waals surface area contributed by atoms with Crippen LogP contribution in [-0.4, -0.2) is 35.8 Å². The average Bonchev–Trinajstić information content (AvgIpc) is 3.21. The van der Waals surface area contributed by atoms with Gasteiger partial charge in [-0.15, -0.1) is 0 Å². The zero-order valence-corrected chi connectivity index (χ0v) is 16.7. The zero-order chi connectivity index (χ0) is 20.7. The van der Waals surface area contributed by atoms with E-state index < -0.39 is 16.1 Å². The maximum Gasteiger partial charge on any atom is 0.257 e. The molecule has 0 aliphatic heterocycles. The molecule has 1 atom stereocenters. The predicted octanol–water partition coefficient (Wildman–Crippen LogP) is 2.83. The van der Waals surface area contributed by atoms with Crippen LogP contribution in [0.25, 0.3) is 11.0 Å². The molecule has 0 saturated carbocycles. The number of hydrogen-bond donors (Lipinski definition) is 3. The number of H-pyrrole nitrogens is 1. The average molecular weight is 410 g/mol. The van der Waals surface area contributed by atoms with E-state index in [2.05, 4.69) is 19.9 Å². The van der Waals surface area contributed by atoms with Crippen molar-refractivity contribution >= 4 is 21.1 Å². The van der Waals surface area contributed by atoms with Crippen LogP contribution in [0.1, 0.15) is 17.2 Å². The van der Waals surface area contributed by atoms with Gasteiger partial charge in [0.25, 0.3) is 10.0 Å². The zero-order valence-electron chi connectivity index (χ0n) is 15.9. The second kappa shape index (κ2) is 9.42. The van der Waals surface area contributed by atoms with Crippen LogP contribution in [0.4, 0.5) is 0 Å². The summed E-state index contributed by atoms with van der Waals surface area (Å²) in [6, 6.07) is 23.1. The molecular formula is C21H22N4O3S. The van der Waals surface area contributed by atoms with Gasteiger partial charge in [0.05, 0.1) is 11.5 Å². The molecule has 7 nitrogen and oxygen atoms in total. The van der Waals surface area contributed by atoms with Crippen LogP contribution < -0.4 is 4.72 Å². The van der Waals surface area contributed by atoms with Crippen LogP contribution in [0.5, 0.6) is 0 Å². The number of aliphatic hydroxyl groups excluding tert-OH is 1. The van der Waals surface area contributed by atoms with Gasteiger partial charge >= 0.3 is 0 Å². The maximum atomic E-state index is 11.5. The van der Waals surface area contributed by atoms with Crippen molar-refractivity contribution in [3.63, 3.8) is 0 Å². The summed E-state index contributed by atoms with van der Waals surface area (Å²) < 4.78 is 25.1. The smallest absolute Gasteiger partial charge is 0.257 e. The van der Waals surface area contributed by atoms with Crippen molar-refractivity contribution in [2.45, 2.75) is 17.6 Å². The van der Waals surface area contributed by atoms with E-state index >= 15 is 0 Å². The Hall–Kier alpha value is -3.07. The lowest BCUT2D eigenvalue weighted by atomic mass is 10.0. The fourth-order valence-electron chi connectivity index (χ4n) is 2.76. The van der Waals surface area contributed by atoms with E-state index in [1.165, 1.54) is 7.05 Å². The Labute approximate surface area is 169 Å². The molecular weight excluding hydrogens is 388 g/mol. The topological polar surface area (TPSA) is 108 Å². The summed E-state index contributed by atoms with van der Waals surface area (Å²) in [6.07, 6.45) is 1.82. The van der Waals surface area contributed by atoms with Crippen molar-refractivity contribution in [2.24, 2.45) is 0 Å². The van der Waals surface area contributed by atoms with E-state index in [-0.39, 0.29) is 5.03 Å². The molecule has 2 aromatic carbocycles. The molecule has 1 unspecified atom stereocenters. The van der Waals surface area contributed by atoms with Gasteiger partial charge in [0.2, 0.25) is 0 Å². The fourth-order valence-corrected chi connectivity index (χ4v) is 3.58. The van der Waals surface area contributed by atoms with E-state index in [0.29, 0.717) is 17.5 Å². The molecule has 2 aromatic heterocycles. The maximum absolute atomic E-state index is 11.5. The van der Waals surface area contributed by atoms with Crippen molar-refractivity contribution in [3.8, 4) is 0 Å². The molecule has 29 heavy (non-hydrogen) atoms. The van der Waals surface area contributed by atoms with E-state index in [9.17, 15) is 13.5 Å². The number of aromatic amines is 1. The second-order valence-electron chi connectivity index (χ2n) is 6.25. The normalized spacial score (nSPS) is 12.2. The summed E-state index contributed by atoms with van der Waals surface area (Å²) in [4.78, 5) is 3.92. The van der Waals surface area contributed by atoms with E-state index in [1.807, 2.05) is 60.7 Å². The van der Waals surface area contributed by atoms with Crippen molar-refractivity contribution < 1.29 is 13.5 Å². The number of nitrogens with zero attached hydrogens (tertiary/aromatic N) is 2. The molecule has 150 valence electrons. The first-order chi connectivity index (χ1) is 14.0. The quantitative estimate of drug-likeness (QED) is 0.469. The summed E-state index contributed by atoms with van der Waals surface area (Å²) in [5.41, 5.74) is 2.52. The molecule has 0 spiro atoms. The Morgan fingerprint density at radius 3 is 2.31 bits per heavy atom. The minimum Gasteiger partial charge on any atom is -0.388 e. The number of sulfonamides is 1. The first-order valence-corrected chi connectivity index (χ1v) is 10.5. The minimum atomic E-state index is -3.49. The van der Waals surface area contributed by atoms with E-state index in [1.54, 1.807) is 18.3 Å². The number of fused-ring (bicyclic) bond motifs is 1. The minimum absolute atomic E-state index is 0.0445. The molecule has 0 radical (unpaired) electrons. The van der Waals surface area contributed by atoms with Crippen LogP contribution in [-0.2, 0) is 16.4 Å². The Balaban J connectivity index is 0.000000166. The molecule has 0 aliphatic carbocycles. The highest BCUT2D eigenvalue weighted by Gasteiger charge is 2.18. The highest BCUT2D eigenvalue weighted by atomic mass is 32.2. The fraction of sp³-hybridized carbons (Fsp3) is 0.143. The summed E-state index contributed by atoms with van der Waals surface area (Å²) in [6.45, 7) is 0. The van der Waals surface area contributed by atoms with Crippen molar-refractivity contribution in [1.29, 1.82) is 0 Å². The van der Waals surface area contributed by atoms with E-state index in [0.717, 1.165) is 11.1 Å². The standard InChI is InChI=1S/C14H14O.C7H8N4O2S/c15-14(13-9-5-2-6-10-13)11-12-7-3-1-4-8-12;1-8-14(12,13)7-5-3-2-4-9-6(5)10-11-7/h1-10,14-15H,11H2;2-4,8H,1H3,(H,9,10,11). The molecule has 0 aliphatic rings. The molecule has 0 bridgehead atoms. The Bertz CT molecular complexity index is 1150. The summed E-state index contributed by atoms with van der Waals surface area (Å²) in [5, 5.41) is 16.7. The molecule has 4 aromatic rings. The second-order valence-corrected chi connectivity index (χ2v) is 8.07. The van der Waals surface area contributed by atoms with E-state index in [4.69, 9.17) is 0 Å². The van der Waals surface area contributed by atoms with Crippen LogP contribution in [0.15, 0.2) is 84.0 Å². The molecule has 0 fully saturated rings. The van der Waals surface area contributed by atoms with Crippen LogP contribution in [0.2, 0.25) is 0 Å². The SMILES string of the molecule is CNS(=O)(=O)c1[nH]nc2ncccc12.OC(Cc1ccccc1)c1ccccc1. The van der Waals surface area contributed by atoms with Gasteiger partial charge in [-0.2, -0.15) is 5.10 Å². The predicted molar refractivity (Wildman–Crippen MR) is 112 cm³/mol. The lowest BCUT2D eigenvalue weighted by molar-refractivity contribution is 0.178. The van der Waals surface area contributed by atoms with Crippen molar-refractivity contribution in [2.75, 3.05) is 7.05 Å².